The molecule has 5 heteroatoms. The first-order valence-electron chi connectivity index (χ1n) is 9.81. The van der Waals surface area contributed by atoms with Gasteiger partial charge in [0.2, 0.25) is 0 Å². The number of hydrogen-bond donors (Lipinski definition) is 2. The molecule has 1 fully saturated rings. The van der Waals surface area contributed by atoms with Crippen molar-refractivity contribution < 1.29 is 4.74 Å². The van der Waals surface area contributed by atoms with E-state index in [2.05, 4.69) is 60.5 Å². The fraction of sp³-hybridized carbons (Fsp3) is 0.571. The van der Waals surface area contributed by atoms with Crippen LogP contribution in [0.4, 0.5) is 0 Å². The van der Waals surface area contributed by atoms with Crippen LogP contribution < -0.4 is 5.32 Å². The Labute approximate surface area is 156 Å². The maximum Gasteiger partial charge on any atom is 0.193 e. The molecule has 0 atom stereocenters. The van der Waals surface area contributed by atoms with Crippen LogP contribution in [0.1, 0.15) is 30.9 Å². The summed E-state index contributed by atoms with van der Waals surface area (Å²) in [6.07, 6.45) is 5.74. The van der Waals surface area contributed by atoms with Gasteiger partial charge >= 0.3 is 0 Å². The molecule has 1 aromatic carbocycles. The van der Waals surface area contributed by atoms with Crippen LogP contribution in [0.2, 0.25) is 0 Å². The second-order valence-corrected chi connectivity index (χ2v) is 7.24. The van der Waals surface area contributed by atoms with E-state index >= 15 is 0 Å². The minimum absolute atomic E-state index is 0.763. The number of fused-ring (bicyclic) bond motifs is 1. The van der Waals surface area contributed by atoms with Gasteiger partial charge in [0.05, 0.1) is 6.61 Å². The van der Waals surface area contributed by atoms with Crippen LogP contribution in [0.5, 0.6) is 0 Å². The van der Waals surface area contributed by atoms with Crippen LogP contribution in [0.25, 0.3) is 10.9 Å². The summed E-state index contributed by atoms with van der Waals surface area (Å²) in [5, 5.41) is 4.73. The first-order chi connectivity index (χ1) is 12.7. The molecule has 0 radical (unpaired) electrons. The average molecular weight is 357 g/mol. The zero-order chi connectivity index (χ0) is 18.4. The third-order valence-corrected chi connectivity index (χ3v) is 4.96. The van der Waals surface area contributed by atoms with E-state index in [1.807, 2.05) is 0 Å². The van der Waals surface area contributed by atoms with Crippen molar-refractivity contribution in [2.45, 2.75) is 33.1 Å². The maximum atomic E-state index is 5.75. The molecule has 1 heterocycles. The minimum atomic E-state index is 0.763. The summed E-state index contributed by atoms with van der Waals surface area (Å²) in [6.45, 7) is 8.47. The first kappa shape index (κ1) is 18.8. The Kier molecular flexibility index (Phi) is 6.56. The van der Waals surface area contributed by atoms with E-state index in [1.54, 1.807) is 0 Å². The highest BCUT2D eigenvalue weighted by molar-refractivity contribution is 5.86. The van der Waals surface area contributed by atoms with Crippen molar-refractivity contribution in [3.8, 4) is 0 Å². The van der Waals surface area contributed by atoms with Crippen LogP contribution in [0.15, 0.2) is 29.4 Å². The van der Waals surface area contributed by atoms with E-state index in [9.17, 15) is 0 Å². The fourth-order valence-corrected chi connectivity index (χ4v) is 3.24. The van der Waals surface area contributed by atoms with Crippen LogP contribution in [0, 0.1) is 12.8 Å². The monoisotopic (exact) mass is 356 g/mol. The Morgan fingerprint density at radius 1 is 1.38 bits per heavy atom. The zero-order valence-corrected chi connectivity index (χ0v) is 16.3. The molecular formula is C21H32N4O. The number of aryl methyl sites for hydroxylation is 1. The predicted octanol–water partition coefficient (Wildman–Crippen LogP) is 3.34. The summed E-state index contributed by atoms with van der Waals surface area (Å²) in [5.74, 6) is 1.78. The number of guanidine groups is 1. The van der Waals surface area contributed by atoms with Crippen molar-refractivity contribution >= 4 is 16.9 Å². The molecule has 0 unspecified atom stereocenters. The highest BCUT2D eigenvalue weighted by Crippen LogP contribution is 2.28. The van der Waals surface area contributed by atoms with Gasteiger partial charge in [-0.3, -0.25) is 4.99 Å². The van der Waals surface area contributed by atoms with E-state index in [0.717, 1.165) is 51.1 Å². The number of aromatic amines is 1. The molecule has 1 aliphatic rings. The molecule has 3 rings (SSSR count). The molecule has 1 saturated carbocycles. The summed E-state index contributed by atoms with van der Waals surface area (Å²) in [7, 11) is 2.08. The van der Waals surface area contributed by atoms with E-state index in [0.29, 0.717) is 0 Å². The molecule has 2 aromatic rings. The molecule has 2 N–H and O–H groups in total. The maximum absolute atomic E-state index is 5.75. The Morgan fingerprint density at radius 2 is 2.23 bits per heavy atom. The molecule has 142 valence electrons. The largest absolute Gasteiger partial charge is 0.379 e. The Bertz CT molecular complexity index is 733. The quantitative estimate of drug-likeness (QED) is 0.412. The lowest BCUT2D eigenvalue weighted by atomic mass is 10.1. The van der Waals surface area contributed by atoms with Gasteiger partial charge in [0.15, 0.2) is 5.96 Å². The molecule has 26 heavy (non-hydrogen) atoms. The number of likely N-dealkylation sites (N-methyl/N-ethyl adjacent to an activating group) is 1. The molecule has 1 aromatic heterocycles. The zero-order valence-electron chi connectivity index (χ0n) is 16.3. The standard InChI is InChI=1S/C21H32N4O/c1-4-22-21(25(3)12-13-26-15-17-8-9-17)23-11-10-18-14-24-19-7-5-6-16(2)20(18)19/h5-7,14,17,24H,4,8-13,15H2,1-3H3,(H,22,23). The van der Waals surface area contributed by atoms with Crippen LogP contribution in [-0.4, -0.2) is 55.7 Å². The summed E-state index contributed by atoms with van der Waals surface area (Å²) >= 11 is 0. The Balaban J connectivity index is 1.53. The number of H-pyrrole nitrogens is 1. The molecule has 0 aliphatic heterocycles. The molecular weight excluding hydrogens is 324 g/mol. The third-order valence-electron chi connectivity index (χ3n) is 4.96. The lowest BCUT2D eigenvalue weighted by molar-refractivity contribution is 0.115. The van der Waals surface area contributed by atoms with E-state index in [1.165, 1.54) is 34.9 Å². The number of aromatic nitrogens is 1. The van der Waals surface area contributed by atoms with Gasteiger partial charge in [-0.05, 0) is 56.2 Å². The van der Waals surface area contributed by atoms with Crippen molar-refractivity contribution in [3.05, 3.63) is 35.5 Å². The summed E-state index contributed by atoms with van der Waals surface area (Å²) in [5.41, 5.74) is 3.87. The van der Waals surface area contributed by atoms with E-state index in [-0.39, 0.29) is 0 Å². The highest BCUT2D eigenvalue weighted by atomic mass is 16.5. The van der Waals surface area contributed by atoms with Gasteiger partial charge < -0.3 is 19.9 Å². The smallest absolute Gasteiger partial charge is 0.193 e. The van der Waals surface area contributed by atoms with Gasteiger partial charge in [0.1, 0.15) is 0 Å². The molecule has 0 bridgehead atoms. The molecule has 0 spiro atoms. The van der Waals surface area contributed by atoms with Gasteiger partial charge in [-0.15, -0.1) is 0 Å². The Morgan fingerprint density at radius 3 is 3.00 bits per heavy atom. The normalized spacial score (nSPS) is 14.8. The van der Waals surface area contributed by atoms with Gasteiger partial charge in [-0.2, -0.15) is 0 Å². The summed E-state index contributed by atoms with van der Waals surface area (Å²) in [6, 6.07) is 6.40. The predicted molar refractivity (Wildman–Crippen MR) is 109 cm³/mol. The summed E-state index contributed by atoms with van der Waals surface area (Å²) in [4.78, 5) is 10.3. The number of ether oxygens (including phenoxy) is 1. The SMILES string of the molecule is CCNC(=NCCc1c[nH]c2cccc(C)c12)N(C)CCOCC1CC1. The Hall–Kier alpha value is -2.01. The topological polar surface area (TPSA) is 52.7 Å². The number of nitrogens with zero attached hydrogens (tertiary/aromatic N) is 2. The number of benzene rings is 1. The number of nitrogens with one attached hydrogen (secondary N) is 2. The lowest BCUT2D eigenvalue weighted by Gasteiger charge is -2.22. The van der Waals surface area contributed by atoms with E-state index in [4.69, 9.17) is 9.73 Å². The molecule has 0 amide bonds. The van der Waals surface area contributed by atoms with Crippen LogP contribution >= 0.6 is 0 Å². The highest BCUT2D eigenvalue weighted by Gasteiger charge is 2.21. The lowest BCUT2D eigenvalue weighted by Crippen LogP contribution is -2.40. The van der Waals surface area contributed by atoms with Crippen LogP contribution in [0.3, 0.4) is 0 Å². The van der Waals surface area contributed by atoms with Crippen molar-refractivity contribution in [3.63, 3.8) is 0 Å². The van der Waals surface area contributed by atoms with E-state index < -0.39 is 0 Å². The number of rotatable bonds is 9. The second-order valence-electron chi connectivity index (χ2n) is 7.24. The first-order valence-corrected chi connectivity index (χ1v) is 9.81. The minimum Gasteiger partial charge on any atom is -0.379 e. The van der Waals surface area contributed by atoms with Crippen LogP contribution in [-0.2, 0) is 11.2 Å². The molecule has 1 aliphatic carbocycles. The average Bonchev–Trinajstić information content (AvgIpc) is 3.37. The van der Waals surface area contributed by atoms with Crippen molar-refractivity contribution in [2.75, 3.05) is 39.9 Å². The van der Waals surface area contributed by atoms with Gasteiger partial charge in [-0.25, -0.2) is 0 Å². The van der Waals surface area contributed by atoms with Gasteiger partial charge in [0, 0.05) is 50.4 Å². The van der Waals surface area contributed by atoms with Crippen molar-refractivity contribution in [1.29, 1.82) is 0 Å². The van der Waals surface area contributed by atoms with Gasteiger partial charge in [0.25, 0.3) is 0 Å². The van der Waals surface area contributed by atoms with Gasteiger partial charge in [-0.1, -0.05) is 12.1 Å². The third kappa shape index (κ3) is 5.01. The number of aliphatic imine (C=N–C) groups is 1. The second kappa shape index (κ2) is 9.08. The van der Waals surface area contributed by atoms with Crippen molar-refractivity contribution in [2.24, 2.45) is 10.9 Å². The molecule has 0 saturated heterocycles. The van der Waals surface area contributed by atoms with Crippen molar-refractivity contribution in [1.82, 2.24) is 15.2 Å². The fourth-order valence-electron chi connectivity index (χ4n) is 3.24. The molecule has 5 nitrogen and oxygen atoms in total. The number of hydrogen-bond acceptors (Lipinski definition) is 2. The summed E-state index contributed by atoms with van der Waals surface area (Å²) < 4.78 is 5.75.